The number of sulfonamides is 1. The Morgan fingerprint density at radius 3 is 2.42 bits per heavy atom. The zero-order valence-corrected chi connectivity index (χ0v) is 22.5. The Morgan fingerprint density at radius 1 is 1.08 bits per heavy atom. The Morgan fingerprint density at radius 2 is 1.78 bits per heavy atom. The molecule has 4 rings (SSSR count). The number of ether oxygens (including phenoxy) is 3. The third kappa shape index (κ3) is 5.86. The lowest BCUT2D eigenvalue weighted by atomic mass is 9.87. The van der Waals surface area contributed by atoms with E-state index >= 15 is 0 Å². The van der Waals surface area contributed by atoms with Gasteiger partial charge >= 0.3 is 5.97 Å². The van der Waals surface area contributed by atoms with Crippen LogP contribution in [0.25, 0.3) is 0 Å². The molecule has 0 bridgehead atoms. The molecule has 1 heterocycles. The van der Waals surface area contributed by atoms with Crippen LogP contribution in [0.15, 0.2) is 47.4 Å². The van der Waals surface area contributed by atoms with E-state index in [1.807, 2.05) is 31.2 Å². The zero-order valence-electron chi connectivity index (χ0n) is 21.7. The fourth-order valence-electron chi connectivity index (χ4n) is 4.79. The van der Waals surface area contributed by atoms with Crippen LogP contribution < -0.4 is 9.47 Å². The molecule has 0 saturated heterocycles. The Kier molecular flexibility index (Phi) is 7.95. The number of esters is 1. The number of rotatable bonds is 7. The molecule has 0 radical (unpaired) electrons. The summed E-state index contributed by atoms with van der Waals surface area (Å²) in [6.45, 7) is 8.44. The highest BCUT2D eigenvalue weighted by molar-refractivity contribution is 7.89. The maximum absolute atomic E-state index is 14.1. The summed E-state index contributed by atoms with van der Waals surface area (Å²) in [5.74, 6) is 0.684. The van der Waals surface area contributed by atoms with Crippen LogP contribution in [-0.2, 0) is 25.0 Å². The van der Waals surface area contributed by atoms with Crippen LogP contribution in [0.1, 0.15) is 71.8 Å². The second kappa shape index (κ2) is 10.8. The summed E-state index contributed by atoms with van der Waals surface area (Å²) in [5, 5.41) is 0. The van der Waals surface area contributed by atoms with Crippen molar-refractivity contribution in [1.29, 1.82) is 0 Å². The van der Waals surface area contributed by atoms with Crippen LogP contribution in [0.3, 0.4) is 0 Å². The summed E-state index contributed by atoms with van der Waals surface area (Å²) < 4.78 is 47.4. The van der Waals surface area contributed by atoms with Gasteiger partial charge in [0.1, 0.15) is 24.2 Å². The molecule has 1 aliphatic carbocycles. The van der Waals surface area contributed by atoms with Crippen molar-refractivity contribution in [2.45, 2.75) is 88.7 Å². The van der Waals surface area contributed by atoms with Gasteiger partial charge in [-0.25, -0.2) is 8.42 Å². The van der Waals surface area contributed by atoms with E-state index in [0.717, 1.165) is 31.2 Å². The van der Waals surface area contributed by atoms with E-state index in [1.54, 1.807) is 22.5 Å². The van der Waals surface area contributed by atoms with Gasteiger partial charge in [-0.05, 0) is 54.5 Å². The van der Waals surface area contributed by atoms with Crippen molar-refractivity contribution in [2.75, 3.05) is 13.2 Å². The average molecular weight is 516 g/mol. The molecule has 2 aromatic carbocycles. The number of hydrogen-bond donors (Lipinski definition) is 0. The summed E-state index contributed by atoms with van der Waals surface area (Å²) in [5.41, 5.74) is 1.15. The molecule has 1 aliphatic heterocycles. The fraction of sp³-hybridized carbons (Fsp3) is 0.536. The lowest BCUT2D eigenvalue weighted by molar-refractivity contribution is -0.146. The fourth-order valence-corrected chi connectivity index (χ4v) is 6.73. The molecule has 36 heavy (non-hydrogen) atoms. The molecule has 1 atom stereocenters. The standard InChI is InChI=1S/C28H37NO6S/c1-5-9-26(30)33-19-23-18-29(21-10-6-7-11-21)36(31,32)27-24(12-8-13-25(27)35-23)34-22-16-14-20(15-17-22)28(2,3)4/h8,12-17,21,23H,5-7,9-11,18-19H2,1-4H3/t23-/m1/s1. The Hall–Kier alpha value is -2.58. The summed E-state index contributed by atoms with van der Waals surface area (Å²) in [7, 11) is -3.92. The summed E-state index contributed by atoms with van der Waals surface area (Å²) in [4.78, 5) is 12.0. The minimum Gasteiger partial charge on any atom is -0.484 e. The number of nitrogens with zero attached hydrogens (tertiary/aromatic N) is 1. The van der Waals surface area contributed by atoms with Crippen molar-refractivity contribution in [3.8, 4) is 17.2 Å². The van der Waals surface area contributed by atoms with Crippen LogP contribution in [0, 0.1) is 0 Å². The Bertz CT molecular complexity index is 1160. The van der Waals surface area contributed by atoms with Gasteiger partial charge in [0, 0.05) is 12.5 Å². The van der Waals surface area contributed by atoms with Gasteiger partial charge in [-0.3, -0.25) is 4.79 Å². The number of fused-ring (bicyclic) bond motifs is 1. The smallest absolute Gasteiger partial charge is 0.305 e. The Balaban J connectivity index is 1.68. The molecule has 0 spiro atoms. The van der Waals surface area contributed by atoms with Crippen molar-refractivity contribution >= 4 is 16.0 Å². The predicted octanol–water partition coefficient (Wildman–Crippen LogP) is 5.81. The minimum absolute atomic E-state index is 0.00306. The van der Waals surface area contributed by atoms with Crippen LogP contribution in [0.5, 0.6) is 17.2 Å². The third-order valence-corrected chi connectivity index (χ3v) is 8.73. The molecule has 1 saturated carbocycles. The van der Waals surface area contributed by atoms with Gasteiger partial charge in [-0.1, -0.05) is 58.7 Å². The molecular formula is C28H37NO6S. The zero-order chi connectivity index (χ0) is 25.9. The summed E-state index contributed by atoms with van der Waals surface area (Å²) >= 11 is 0. The molecule has 2 aromatic rings. The molecule has 0 unspecified atom stereocenters. The van der Waals surface area contributed by atoms with E-state index in [1.165, 1.54) is 0 Å². The quantitative estimate of drug-likeness (QED) is 0.433. The van der Waals surface area contributed by atoms with Gasteiger partial charge in [0.15, 0.2) is 10.6 Å². The van der Waals surface area contributed by atoms with E-state index in [-0.39, 0.29) is 47.0 Å². The SMILES string of the molecule is CCCC(=O)OC[C@H]1CN(C2CCCC2)S(=O)(=O)c2c(Oc3ccc(C(C)(C)C)cc3)cccc2O1. The number of benzene rings is 2. The molecule has 2 aliphatic rings. The first-order chi connectivity index (χ1) is 17.1. The topological polar surface area (TPSA) is 82.1 Å². The average Bonchev–Trinajstić information content (AvgIpc) is 3.31. The van der Waals surface area contributed by atoms with E-state index < -0.39 is 16.1 Å². The number of hydrogen-bond acceptors (Lipinski definition) is 6. The minimum atomic E-state index is -3.92. The lowest BCUT2D eigenvalue weighted by Gasteiger charge is -2.28. The van der Waals surface area contributed by atoms with E-state index in [0.29, 0.717) is 18.6 Å². The molecular weight excluding hydrogens is 478 g/mol. The number of carbonyl (C=O) groups excluding carboxylic acids is 1. The molecule has 8 heteroatoms. The highest BCUT2D eigenvalue weighted by atomic mass is 32.2. The molecule has 196 valence electrons. The highest BCUT2D eigenvalue weighted by Crippen LogP contribution is 2.42. The first kappa shape index (κ1) is 26.5. The lowest BCUT2D eigenvalue weighted by Crippen LogP contribution is -2.44. The first-order valence-electron chi connectivity index (χ1n) is 12.8. The second-order valence-electron chi connectivity index (χ2n) is 10.6. The predicted molar refractivity (Wildman–Crippen MR) is 138 cm³/mol. The molecule has 0 aromatic heterocycles. The molecule has 0 N–H and O–H groups in total. The van der Waals surface area contributed by atoms with Crippen molar-refractivity contribution in [1.82, 2.24) is 4.31 Å². The summed E-state index contributed by atoms with van der Waals surface area (Å²) in [6, 6.07) is 12.6. The van der Waals surface area contributed by atoms with Gasteiger partial charge < -0.3 is 14.2 Å². The van der Waals surface area contributed by atoms with Crippen molar-refractivity contribution in [3.63, 3.8) is 0 Å². The van der Waals surface area contributed by atoms with Gasteiger partial charge in [-0.2, -0.15) is 4.31 Å². The third-order valence-electron chi connectivity index (χ3n) is 6.75. The van der Waals surface area contributed by atoms with Gasteiger partial charge in [-0.15, -0.1) is 0 Å². The van der Waals surface area contributed by atoms with E-state index in [9.17, 15) is 13.2 Å². The van der Waals surface area contributed by atoms with E-state index in [2.05, 4.69) is 20.8 Å². The van der Waals surface area contributed by atoms with Crippen molar-refractivity contribution < 1.29 is 27.4 Å². The highest BCUT2D eigenvalue weighted by Gasteiger charge is 2.42. The van der Waals surface area contributed by atoms with E-state index in [4.69, 9.17) is 14.2 Å². The van der Waals surface area contributed by atoms with Crippen LogP contribution >= 0.6 is 0 Å². The van der Waals surface area contributed by atoms with Crippen LogP contribution in [-0.4, -0.2) is 44.0 Å². The normalized spacial score (nSPS) is 20.3. The van der Waals surface area contributed by atoms with Crippen molar-refractivity contribution in [2.24, 2.45) is 0 Å². The maximum Gasteiger partial charge on any atom is 0.305 e. The Labute approximate surface area is 214 Å². The van der Waals surface area contributed by atoms with Gasteiger partial charge in [0.2, 0.25) is 0 Å². The van der Waals surface area contributed by atoms with Crippen molar-refractivity contribution in [3.05, 3.63) is 48.0 Å². The first-order valence-corrected chi connectivity index (χ1v) is 14.3. The van der Waals surface area contributed by atoms with Gasteiger partial charge in [0.05, 0.1) is 6.54 Å². The van der Waals surface area contributed by atoms with Crippen LogP contribution in [0.4, 0.5) is 0 Å². The summed E-state index contributed by atoms with van der Waals surface area (Å²) in [6.07, 6.45) is 3.97. The largest absolute Gasteiger partial charge is 0.484 e. The maximum atomic E-state index is 14.1. The molecule has 1 fully saturated rings. The monoisotopic (exact) mass is 515 g/mol. The molecule has 0 amide bonds. The number of carbonyl (C=O) groups is 1. The molecule has 7 nitrogen and oxygen atoms in total. The van der Waals surface area contributed by atoms with Gasteiger partial charge in [0.25, 0.3) is 10.0 Å². The second-order valence-corrected chi connectivity index (χ2v) is 12.5. The van der Waals surface area contributed by atoms with Crippen LogP contribution in [0.2, 0.25) is 0 Å².